The second kappa shape index (κ2) is 14.3. The van der Waals surface area contributed by atoms with E-state index < -0.39 is 41.5 Å². The summed E-state index contributed by atoms with van der Waals surface area (Å²) >= 11 is 0. The van der Waals surface area contributed by atoms with E-state index in [0.717, 1.165) is 21.4 Å². The van der Waals surface area contributed by atoms with Crippen LogP contribution in [0.3, 0.4) is 0 Å². The van der Waals surface area contributed by atoms with E-state index in [1.165, 1.54) is 79.1 Å². The molecule has 2 aromatic heterocycles. The second-order valence-electron chi connectivity index (χ2n) is 13.6. The van der Waals surface area contributed by atoms with Crippen molar-refractivity contribution >= 4 is 58.3 Å². The Kier molecular flexibility index (Phi) is 9.15. The third-order valence-corrected chi connectivity index (χ3v) is 9.69. The van der Waals surface area contributed by atoms with Gasteiger partial charge < -0.3 is 5.73 Å². The Morgan fingerprint density at radius 1 is 0.638 bits per heavy atom. The molecule has 2 aliphatic rings. The monoisotopic (exact) mass is 778 g/mol. The number of imide groups is 2. The molecule has 6 aromatic rings. The number of nitrogen functional groups attached to an aromatic ring is 1. The summed E-state index contributed by atoms with van der Waals surface area (Å²) < 4.78 is 29.5. The number of benzene rings is 4. The Bertz CT molecular complexity index is 2780. The number of ketones is 1. The van der Waals surface area contributed by atoms with E-state index in [-0.39, 0.29) is 74.3 Å². The van der Waals surface area contributed by atoms with Crippen molar-refractivity contribution < 1.29 is 37.5 Å². The van der Waals surface area contributed by atoms with Gasteiger partial charge in [-0.2, -0.15) is 0 Å². The first-order valence-corrected chi connectivity index (χ1v) is 17.6. The van der Waals surface area contributed by atoms with Gasteiger partial charge in [-0.15, -0.1) is 0 Å². The molecule has 14 nitrogen and oxygen atoms in total. The standard InChI is InChI=1S/C42H28F2N8O6/c1-20-16-46-35(47-17-20)15-34(53)22-3-7-29-32(12-22)40(57)52(39(29)56)26-6-10-28(31(14-26)36(43)44)27-9-5-25(11-21(27)2)51-38(55)30-8-4-23(13-33(30)41(51)58)37(54)50-42-48-18-24(45)19-49-42/h3-14,16-19,36H,15,45H2,1-2H3,(H,48,49,50,54). The molecule has 0 atom stereocenters. The molecule has 2 aliphatic heterocycles. The third-order valence-electron chi connectivity index (χ3n) is 9.69. The summed E-state index contributed by atoms with van der Waals surface area (Å²) in [5.74, 6) is -3.57. The van der Waals surface area contributed by atoms with Crippen molar-refractivity contribution in [1.29, 1.82) is 0 Å². The lowest BCUT2D eigenvalue weighted by atomic mass is 9.94. The number of halogens is 2. The van der Waals surface area contributed by atoms with Crippen LogP contribution < -0.4 is 20.9 Å². The molecule has 0 saturated carbocycles. The number of hydrogen-bond donors (Lipinski definition) is 2. The van der Waals surface area contributed by atoms with E-state index >= 15 is 0 Å². The predicted octanol–water partition coefficient (Wildman–Crippen LogP) is 6.35. The van der Waals surface area contributed by atoms with E-state index in [0.29, 0.717) is 16.8 Å². The number of carbonyl (C=O) groups is 6. The summed E-state index contributed by atoms with van der Waals surface area (Å²) in [6, 6.07) is 16.3. The van der Waals surface area contributed by atoms with Gasteiger partial charge in [0.25, 0.3) is 36.0 Å². The highest BCUT2D eigenvalue weighted by Crippen LogP contribution is 2.40. The van der Waals surface area contributed by atoms with Crippen molar-refractivity contribution in [2.24, 2.45) is 0 Å². The number of nitrogens with one attached hydrogen (secondary N) is 1. The highest BCUT2D eigenvalue weighted by atomic mass is 19.3. The van der Waals surface area contributed by atoms with E-state index in [1.54, 1.807) is 19.3 Å². The zero-order valence-corrected chi connectivity index (χ0v) is 30.5. The first-order chi connectivity index (χ1) is 27.8. The number of aryl methyl sites for hydroxylation is 2. The number of nitrogens with two attached hydrogens (primary N) is 1. The van der Waals surface area contributed by atoms with Crippen molar-refractivity contribution in [3.63, 3.8) is 0 Å². The number of amides is 5. The van der Waals surface area contributed by atoms with E-state index in [1.807, 2.05) is 6.92 Å². The van der Waals surface area contributed by atoms with Crippen LogP contribution in [0.4, 0.5) is 31.8 Å². The van der Waals surface area contributed by atoms with Crippen molar-refractivity contribution in [2.75, 3.05) is 20.9 Å². The summed E-state index contributed by atoms with van der Waals surface area (Å²) in [7, 11) is 0. The molecule has 3 N–H and O–H groups in total. The fourth-order valence-electron chi connectivity index (χ4n) is 6.80. The van der Waals surface area contributed by atoms with Gasteiger partial charge in [0, 0.05) is 29.1 Å². The lowest BCUT2D eigenvalue weighted by Gasteiger charge is -2.20. The number of nitrogens with zero attached hydrogens (tertiary/aromatic N) is 6. The molecule has 0 saturated heterocycles. The lowest BCUT2D eigenvalue weighted by Crippen LogP contribution is -2.29. The minimum Gasteiger partial charge on any atom is -0.396 e. The Labute approximate surface area is 327 Å². The molecule has 4 aromatic carbocycles. The van der Waals surface area contributed by atoms with Crippen LogP contribution in [0.15, 0.2) is 97.6 Å². The van der Waals surface area contributed by atoms with Crippen LogP contribution in [0.5, 0.6) is 0 Å². The molecule has 0 unspecified atom stereocenters. The summed E-state index contributed by atoms with van der Waals surface area (Å²) in [5.41, 5.74) is 7.42. The number of hydrogen-bond acceptors (Lipinski definition) is 11. The van der Waals surface area contributed by atoms with Crippen molar-refractivity contribution in [1.82, 2.24) is 19.9 Å². The molecule has 286 valence electrons. The molecule has 8 rings (SSSR count). The number of rotatable bonds is 9. The Morgan fingerprint density at radius 3 is 1.74 bits per heavy atom. The smallest absolute Gasteiger partial charge is 0.266 e. The van der Waals surface area contributed by atoms with Crippen LogP contribution in [-0.4, -0.2) is 55.3 Å². The molecule has 58 heavy (non-hydrogen) atoms. The number of fused-ring (bicyclic) bond motifs is 2. The number of alkyl halides is 2. The molecule has 4 heterocycles. The summed E-state index contributed by atoms with van der Waals surface area (Å²) in [5, 5.41) is 2.50. The minimum atomic E-state index is -3.04. The normalized spacial score (nSPS) is 13.3. The second-order valence-corrected chi connectivity index (χ2v) is 13.6. The maximum Gasteiger partial charge on any atom is 0.266 e. The van der Waals surface area contributed by atoms with Gasteiger partial charge in [0.2, 0.25) is 5.95 Å². The minimum absolute atomic E-state index is 0.0124. The highest BCUT2D eigenvalue weighted by Gasteiger charge is 2.39. The number of aromatic nitrogens is 4. The average molecular weight is 779 g/mol. The van der Waals surface area contributed by atoms with Gasteiger partial charge in [0.15, 0.2) is 5.78 Å². The van der Waals surface area contributed by atoms with Gasteiger partial charge in [0.05, 0.1) is 58.1 Å². The van der Waals surface area contributed by atoms with Gasteiger partial charge in [-0.1, -0.05) is 18.2 Å². The lowest BCUT2D eigenvalue weighted by molar-refractivity contribution is 0.0910. The molecule has 5 amide bonds. The summed E-state index contributed by atoms with van der Waals surface area (Å²) in [4.78, 5) is 97.8. The SMILES string of the molecule is Cc1cnc(CC(=O)c2ccc3c(c2)C(=O)N(c2ccc(-c4ccc(N5C(=O)c6ccc(C(=O)Nc7ncc(N)cn7)cc6C5=O)cc4C)c(C(F)F)c2)C3=O)nc1. The average Bonchev–Trinajstić information content (AvgIpc) is 3.62. The van der Waals surface area contributed by atoms with Gasteiger partial charge in [0.1, 0.15) is 5.82 Å². The van der Waals surface area contributed by atoms with Gasteiger partial charge >= 0.3 is 0 Å². The van der Waals surface area contributed by atoms with Crippen LogP contribution in [0.25, 0.3) is 11.1 Å². The van der Waals surface area contributed by atoms with Crippen LogP contribution in [0.1, 0.15) is 91.1 Å². The highest BCUT2D eigenvalue weighted by molar-refractivity contribution is 6.35. The predicted molar refractivity (Wildman–Crippen MR) is 206 cm³/mol. The molecule has 0 aliphatic carbocycles. The number of Topliss-reactive ketones (excluding diaryl/α,β-unsaturated/α-hetero) is 1. The van der Waals surface area contributed by atoms with Crippen molar-refractivity contribution in [3.05, 3.63) is 153 Å². The fraction of sp³-hybridized carbons (Fsp3) is 0.0952. The fourth-order valence-corrected chi connectivity index (χ4v) is 6.80. The zero-order valence-electron chi connectivity index (χ0n) is 30.5. The quantitative estimate of drug-likeness (QED) is 0.123. The maximum absolute atomic E-state index is 14.7. The van der Waals surface area contributed by atoms with Crippen LogP contribution >= 0.6 is 0 Å². The van der Waals surface area contributed by atoms with Crippen LogP contribution in [-0.2, 0) is 6.42 Å². The third kappa shape index (κ3) is 6.51. The van der Waals surface area contributed by atoms with Crippen LogP contribution in [0, 0.1) is 13.8 Å². The molecule has 0 spiro atoms. The van der Waals surface area contributed by atoms with Crippen LogP contribution in [0.2, 0.25) is 0 Å². The van der Waals surface area contributed by atoms with Gasteiger partial charge in [-0.3, -0.25) is 34.1 Å². The molecule has 0 radical (unpaired) electrons. The summed E-state index contributed by atoms with van der Waals surface area (Å²) in [6.45, 7) is 3.43. The Morgan fingerprint density at radius 2 is 1.16 bits per heavy atom. The number of carbonyl (C=O) groups excluding carboxylic acids is 6. The topological polar surface area (TPSA) is 199 Å². The first-order valence-electron chi connectivity index (χ1n) is 17.6. The molecule has 0 bridgehead atoms. The van der Waals surface area contributed by atoms with Gasteiger partial charge in [-0.05, 0) is 90.7 Å². The summed E-state index contributed by atoms with van der Waals surface area (Å²) in [6.07, 6.45) is 2.61. The molecular formula is C42H28F2N8O6. The van der Waals surface area contributed by atoms with E-state index in [4.69, 9.17) is 5.73 Å². The maximum atomic E-state index is 14.7. The Hall–Kier alpha value is -7.88. The Balaban J connectivity index is 1.03. The van der Waals surface area contributed by atoms with E-state index in [9.17, 15) is 37.5 Å². The number of anilines is 4. The molecule has 0 fully saturated rings. The first kappa shape index (κ1) is 37.1. The van der Waals surface area contributed by atoms with E-state index in [2.05, 4.69) is 25.3 Å². The van der Waals surface area contributed by atoms with Gasteiger partial charge in [-0.25, -0.2) is 38.5 Å². The zero-order chi connectivity index (χ0) is 41.0. The molecule has 16 heteroatoms. The largest absolute Gasteiger partial charge is 0.396 e. The van der Waals surface area contributed by atoms with Crippen molar-refractivity contribution in [3.8, 4) is 11.1 Å². The van der Waals surface area contributed by atoms with Crippen molar-refractivity contribution in [2.45, 2.75) is 26.7 Å². The molecular weight excluding hydrogens is 751 g/mol.